The van der Waals surface area contributed by atoms with Crippen molar-refractivity contribution in [2.75, 3.05) is 13.1 Å². The van der Waals surface area contributed by atoms with Crippen LogP contribution in [0, 0.1) is 13.8 Å². The molecule has 1 saturated heterocycles. The smallest absolute Gasteiger partial charge is 0.253 e. The van der Waals surface area contributed by atoms with Gasteiger partial charge in [0.2, 0.25) is 0 Å². The molecule has 1 N–H and O–H groups in total. The molecular formula is C19H21N3O2. The zero-order chi connectivity index (χ0) is 16.7. The van der Waals surface area contributed by atoms with Crippen LogP contribution in [0.25, 0.3) is 11.0 Å². The van der Waals surface area contributed by atoms with E-state index in [1.165, 1.54) is 0 Å². The van der Waals surface area contributed by atoms with E-state index in [4.69, 9.17) is 4.42 Å². The first kappa shape index (κ1) is 15.0. The van der Waals surface area contributed by atoms with Crippen molar-refractivity contribution in [3.8, 4) is 0 Å². The Hall–Kier alpha value is -2.56. The molecule has 24 heavy (non-hydrogen) atoms. The Morgan fingerprint density at radius 3 is 3.00 bits per heavy atom. The van der Waals surface area contributed by atoms with Crippen molar-refractivity contribution in [3.05, 3.63) is 53.3 Å². The predicted molar refractivity (Wildman–Crippen MR) is 92.2 cm³/mol. The molecule has 5 heteroatoms. The van der Waals surface area contributed by atoms with E-state index in [9.17, 15) is 4.79 Å². The zero-order valence-electron chi connectivity index (χ0n) is 14.0. The minimum atomic E-state index is 0.0868. The molecule has 1 fully saturated rings. The van der Waals surface area contributed by atoms with Crippen LogP contribution in [0.4, 0.5) is 0 Å². The Balaban J connectivity index is 1.56. The average Bonchev–Trinajstić information content (AvgIpc) is 3.18. The van der Waals surface area contributed by atoms with Crippen molar-refractivity contribution in [2.45, 2.75) is 32.6 Å². The predicted octanol–water partition coefficient (Wildman–Crippen LogP) is 3.79. The number of carbonyl (C=O) groups is 1. The molecule has 0 unspecified atom stereocenters. The van der Waals surface area contributed by atoms with E-state index in [2.05, 4.69) is 9.97 Å². The molecule has 5 nitrogen and oxygen atoms in total. The maximum atomic E-state index is 12.9. The number of carbonyl (C=O) groups excluding carboxylic acids is 1. The largest absolute Gasteiger partial charge is 0.461 e. The summed E-state index contributed by atoms with van der Waals surface area (Å²) in [7, 11) is 0. The number of aromatic nitrogens is 2. The van der Waals surface area contributed by atoms with Crippen molar-refractivity contribution < 1.29 is 9.21 Å². The highest BCUT2D eigenvalue weighted by Crippen LogP contribution is 2.27. The van der Waals surface area contributed by atoms with Gasteiger partial charge in [0.25, 0.3) is 5.91 Å². The van der Waals surface area contributed by atoms with Gasteiger partial charge >= 0.3 is 0 Å². The molecule has 124 valence electrons. The van der Waals surface area contributed by atoms with Gasteiger partial charge in [-0.25, -0.2) is 4.98 Å². The Kier molecular flexibility index (Phi) is 3.63. The van der Waals surface area contributed by atoms with Crippen molar-refractivity contribution in [2.24, 2.45) is 0 Å². The summed E-state index contributed by atoms with van der Waals surface area (Å²) in [4.78, 5) is 22.6. The van der Waals surface area contributed by atoms with Gasteiger partial charge in [-0.1, -0.05) is 0 Å². The number of nitrogens with one attached hydrogen (secondary N) is 1. The third kappa shape index (κ3) is 2.70. The normalized spacial score (nSPS) is 18.2. The van der Waals surface area contributed by atoms with E-state index >= 15 is 0 Å². The topological polar surface area (TPSA) is 62.1 Å². The fraction of sp³-hybridized carbons (Fsp3) is 0.368. The first-order valence-electron chi connectivity index (χ1n) is 8.41. The molecule has 0 saturated carbocycles. The van der Waals surface area contributed by atoms with Gasteiger partial charge in [0.05, 0.1) is 0 Å². The van der Waals surface area contributed by atoms with Crippen LogP contribution in [0.2, 0.25) is 0 Å². The van der Waals surface area contributed by atoms with Gasteiger partial charge in [-0.3, -0.25) is 4.79 Å². The van der Waals surface area contributed by atoms with Crippen LogP contribution in [0.15, 0.2) is 34.9 Å². The van der Waals surface area contributed by atoms with Crippen LogP contribution in [0.1, 0.15) is 46.4 Å². The van der Waals surface area contributed by atoms with Crippen molar-refractivity contribution in [1.29, 1.82) is 0 Å². The fourth-order valence-corrected chi connectivity index (χ4v) is 3.52. The number of benzene rings is 1. The minimum absolute atomic E-state index is 0.0868. The van der Waals surface area contributed by atoms with Crippen LogP contribution in [0.5, 0.6) is 0 Å². The maximum Gasteiger partial charge on any atom is 0.253 e. The second-order valence-electron chi connectivity index (χ2n) is 6.65. The van der Waals surface area contributed by atoms with Crippen molar-refractivity contribution in [3.63, 3.8) is 0 Å². The highest BCUT2D eigenvalue weighted by molar-refractivity contribution is 5.98. The van der Waals surface area contributed by atoms with E-state index in [0.717, 1.165) is 53.2 Å². The van der Waals surface area contributed by atoms with E-state index in [1.807, 2.05) is 49.2 Å². The summed E-state index contributed by atoms with van der Waals surface area (Å²) in [5.41, 5.74) is 2.61. The molecule has 0 spiro atoms. The lowest BCUT2D eigenvalue weighted by atomic mass is 9.96. The highest BCUT2D eigenvalue weighted by atomic mass is 16.3. The number of hydrogen-bond donors (Lipinski definition) is 1. The maximum absolute atomic E-state index is 12.9. The third-order valence-electron chi connectivity index (χ3n) is 4.70. The molecular weight excluding hydrogens is 302 g/mol. The SMILES string of the molecule is Cc1cnc([C@@H]2CCCN(C(=O)c3ccc4oc(C)cc4c3)C2)[nH]1. The molecule has 0 bridgehead atoms. The van der Waals surface area contributed by atoms with Crippen LogP contribution in [0.3, 0.4) is 0 Å². The van der Waals surface area contributed by atoms with Gasteiger partial charge in [0, 0.05) is 41.8 Å². The summed E-state index contributed by atoms with van der Waals surface area (Å²) in [6.07, 6.45) is 3.92. The first-order chi connectivity index (χ1) is 11.6. The lowest BCUT2D eigenvalue weighted by molar-refractivity contribution is 0.0705. The number of H-pyrrole nitrogens is 1. The Morgan fingerprint density at radius 2 is 2.21 bits per heavy atom. The molecule has 4 rings (SSSR count). The lowest BCUT2D eigenvalue weighted by Gasteiger charge is -2.32. The molecule has 1 aliphatic heterocycles. The number of furan rings is 1. The number of aromatic amines is 1. The number of fused-ring (bicyclic) bond motifs is 1. The molecule has 0 radical (unpaired) electrons. The Morgan fingerprint density at radius 1 is 1.33 bits per heavy atom. The van der Waals surface area contributed by atoms with Gasteiger partial charge in [-0.15, -0.1) is 0 Å². The van der Waals surface area contributed by atoms with Gasteiger partial charge in [0.1, 0.15) is 17.2 Å². The molecule has 3 heterocycles. The van der Waals surface area contributed by atoms with Gasteiger partial charge < -0.3 is 14.3 Å². The second kappa shape index (κ2) is 5.82. The molecule has 1 aromatic carbocycles. The zero-order valence-corrected chi connectivity index (χ0v) is 14.0. The van der Waals surface area contributed by atoms with E-state index < -0.39 is 0 Å². The summed E-state index contributed by atoms with van der Waals surface area (Å²) >= 11 is 0. The van der Waals surface area contributed by atoms with E-state index in [-0.39, 0.29) is 11.8 Å². The fourth-order valence-electron chi connectivity index (χ4n) is 3.52. The van der Waals surface area contributed by atoms with Crippen LogP contribution in [-0.2, 0) is 0 Å². The number of amides is 1. The summed E-state index contributed by atoms with van der Waals surface area (Å²) < 4.78 is 5.59. The van der Waals surface area contributed by atoms with Crippen molar-refractivity contribution >= 4 is 16.9 Å². The second-order valence-corrected chi connectivity index (χ2v) is 6.65. The molecule has 2 aromatic heterocycles. The highest BCUT2D eigenvalue weighted by Gasteiger charge is 2.27. The first-order valence-corrected chi connectivity index (χ1v) is 8.41. The van der Waals surface area contributed by atoms with E-state index in [1.54, 1.807) is 0 Å². The number of likely N-dealkylation sites (tertiary alicyclic amines) is 1. The van der Waals surface area contributed by atoms with Gasteiger partial charge in [0.15, 0.2) is 0 Å². The van der Waals surface area contributed by atoms with E-state index in [0.29, 0.717) is 6.54 Å². The number of rotatable bonds is 2. The van der Waals surface area contributed by atoms with Gasteiger partial charge in [-0.05, 0) is 51.0 Å². The third-order valence-corrected chi connectivity index (χ3v) is 4.70. The Labute approximate surface area is 140 Å². The summed E-state index contributed by atoms with van der Waals surface area (Å²) in [6.45, 7) is 5.44. The summed E-state index contributed by atoms with van der Waals surface area (Å²) in [5, 5.41) is 0.980. The molecule has 1 amide bonds. The molecule has 1 aliphatic rings. The number of hydrogen-bond acceptors (Lipinski definition) is 3. The van der Waals surface area contributed by atoms with Crippen LogP contribution in [-0.4, -0.2) is 33.9 Å². The number of nitrogens with zero attached hydrogens (tertiary/aromatic N) is 2. The summed E-state index contributed by atoms with van der Waals surface area (Å²) in [5.74, 6) is 2.23. The molecule has 3 aromatic rings. The van der Waals surface area contributed by atoms with Crippen LogP contribution < -0.4 is 0 Å². The van der Waals surface area contributed by atoms with Gasteiger partial charge in [-0.2, -0.15) is 0 Å². The number of aryl methyl sites for hydroxylation is 2. The van der Waals surface area contributed by atoms with Crippen molar-refractivity contribution in [1.82, 2.24) is 14.9 Å². The molecule has 0 aliphatic carbocycles. The molecule has 1 atom stereocenters. The standard InChI is InChI=1S/C19H21N3O2/c1-12-10-20-18(21-12)15-4-3-7-22(11-15)19(23)14-5-6-17-16(9-14)8-13(2)24-17/h5-6,8-10,15H,3-4,7,11H2,1-2H3,(H,20,21)/t15-/m1/s1. The quantitative estimate of drug-likeness (QED) is 0.780. The number of piperidine rings is 1. The number of imidazole rings is 1. The monoisotopic (exact) mass is 323 g/mol. The summed E-state index contributed by atoms with van der Waals surface area (Å²) in [6, 6.07) is 7.63. The average molecular weight is 323 g/mol. The minimum Gasteiger partial charge on any atom is -0.461 e. The Bertz CT molecular complexity index is 893. The van der Waals surface area contributed by atoms with Crippen LogP contribution >= 0.6 is 0 Å². The lowest BCUT2D eigenvalue weighted by Crippen LogP contribution is -2.39.